The number of carbonyl (C=O) groups is 1. The minimum Gasteiger partial charge on any atom is -0.345 e. The topological polar surface area (TPSA) is 65.1 Å². The molecule has 1 saturated heterocycles. The van der Waals surface area contributed by atoms with Crippen molar-refractivity contribution in [1.82, 2.24) is 20.1 Å². The van der Waals surface area contributed by atoms with E-state index in [9.17, 15) is 4.79 Å². The lowest BCUT2D eigenvalue weighted by atomic mass is 9.94. The van der Waals surface area contributed by atoms with Crippen LogP contribution in [0.4, 0.5) is 5.13 Å². The minimum absolute atomic E-state index is 0.251. The third-order valence-electron chi connectivity index (χ3n) is 5.04. The number of nitrogens with one attached hydrogen (secondary N) is 1. The summed E-state index contributed by atoms with van der Waals surface area (Å²) in [4.78, 5) is 21.1. The van der Waals surface area contributed by atoms with Gasteiger partial charge in [-0.15, -0.1) is 11.3 Å². The van der Waals surface area contributed by atoms with Crippen LogP contribution < -0.4 is 4.90 Å². The van der Waals surface area contributed by atoms with Crippen LogP contribution in [0.5, 0.6) is 0 Å². The zero-order chi connectivity index (χ0) is 16.4. The molecule has 7 heteroatoms. The average molecular weight is 345 g/mol. The first-order valence-corrected chi connectivity index (χ1v) is 9.66. The van der Waals surface area contributed by atoms with E-state index in [1.54, 1.807) is 11.3 Å². The molecular formula is C17H23N5OS. The van der Waals surface area contributed by atoms with Gasteiger partial charge < -0.3 is 9.80 Å². The Kier molecular flexibility index (Phi) is 4.51. The number of hydrogen-bond acceptors (Lipinski definition) is 5. The van der Waals surface area contributed by atoms with Crippen molar-refractivity contribution < 1.29 is 4.79 Å². The van der Waals surface area contributed by atoms with Crippen molar-refractivity contribution in [2.45, 2.75) is 38.5 Å². The van der Waals surface area contributed by atoms with E-state index in [-0.39, 0.29) is 5.91 Å². The fourth-order valence-electron chi connectivity index (χ4n) is 3.66. The van der Waals surface area contributed by atoms with E-state index in [2.05, 4.69) is 20.1 Å². The largest absolute Gasteiger partial charge is 0.345 e. The maximum atomic E-state index is 12.5. The smallest absolute Gasteiger partial charge is 0.223 e. The standard InChI is InChI=1S/C17H23N5OS/c23-16(6-5-15-13-3-1-2-4-14(13)19-20-15)21-8-10-22(11-9-21)17-18-7-12-24-17/h7,12H,1-6,8-11H2,(H,19,20). The number of hydrogen-bond donors (Lipinski definition) is 1. The highest BCUT2D eigenvalue weighted by molar-refractivity contribution is 7.13. The second-order valence-electron chi connectivity index (χ2n) is 6.52. The minimum atomic E-state index is 0.251. The maximum absolute atomic E-state index is 12.5. The first kappa shape index (κ1) is 15.6. The molecule has 0 bridgehead atoms. The van der Waals surface area contributed by atoms with E-state index in [0.717, 1.165) is 56.3 Å². The van der Waals surface area contributed by atoms with Gasteiger partial charge in [-0.3, -0.25) is 9.89 Å². The molecule has 2 aliphatic rings. The van der Waals surface area contributed by atoms with Gasteiger partial charge in [0.25, 0.3) is 0 Å². The van der Waals surface area contributed by atoms with Gasteiger partial charge in [0, 0.05) is 56.3 Å². The number of thiazole rings is 1. The van der Waals surface area contributed by atoms with Crippen LogP contribution >= 0.6 is 11.3 Å². The van der Waals surface area contributed by atoms with E-state index in [1.807, 2.05) is 16.5 Å². The predicted molar refractivity (Wildman–Crippen MR) is 94.5 cm³/mol. The zero-order valence-electron chi connectivity index (χ0n) is 13.8. The lowest BCUT2D eigenvalue weighted by Gasteiger charge is -2.34. The van der Waals surface area contributed by atoms with E-state index in [4.69, 9.17) is 0 Å². The second kappa shape index (κ2) is 6.93. The zero-order valence-corrected chi connectivity index (χ0v) is 14.6. The highest BCUT2D eigenvalue weighted by atomic mass is 32.1. The Hall–Kier alpha value is -1.89. The average Bonchev–Trinajstić information content (AvgIpc) is 3.30. The fraction of sp³-hybridized carbons (Fsp3) is 0.588. The highest BCUT2D eigenvalue weighted by Crippen LogP contribution is 2.23. The van der Waals surface area contributed by atoms with Crippen molar-refractivity contribution in [3.8, 4) is 0 Å². The Bertz CT molecular complexity index is 688. The normalized spacial score (nSPS) is 17.8. The van der Waals surface area contributed by atoms with Gasteiger partial charge in [0.2, 0.25) is 5.91 Å². The second-order valence-corrected chi connectivity index (χ2v) is 7.39. The lowest BCUT2D eigenvalue weighted by molar-refractivity contribution is -0.131. The summed E-state index contributed by atoms with van der Waals surface area (Å²) in [6.45, 7) is 3.32. The number of piperazine rings is 1. The molecule has 1 amide bonds. The van der Waals surface area contributed by atoms with E-state index in [0.29, 0.717) is 6.42 Å². The first-order chi connectivity index (χ1) is 11.8. The van der Waals surface area contributed by atoms with Crippen molar-refractivity contribution in [2.24, 2.45) is 0 Å². The summed E-state index contributed by atoms with van der Waals surface area (Å²) in [7, 11) is 0. The molecule has 2 aromatic rings. The molecule has 6 nitrogen and oxygen atoms in total. The molecule has 1 aliphatic heterocycles. The number of aromatic amines is 1. The van der Waals surface area contributed by atoms with E-state index >= 15 is 0 Å². The number of amides is 1. The van der Waals surface area contributed by atoms with Gasteiger partial charge in [0.05, 0.1) is 5.69 Å². The molecule has 1 fully saturated rings. The Morgan fingerprint density at radius 1 is 1.21 bits per heavy atom. The fourth-order valence-corrected chi connectivity index (χ4v) is 4.36. The summed E-state index contributed by atoms with van der Waals surface area (Å²) in [5, 5.41) is 10.7. The van der Waals surface area contributed by atoms with Crippen LogP contribution in [0.15, 0.2) is 11.6 Å². The molecule has 128 valence electrons. The van der Waals surface area contributed by atoms with Crippen molar-refractivity contribution in [3.05, 3.63) is 28.5 Å². The Morgan fingerprint density at radius 2 is 2.04 bits per heavy atom. The number of carbonyl (C=O) groups excluding carboxylic acids is 1. The Labute approximate surface area is 145 Å². The third-order valence-corrected chi connectivity index (χ3v) is 5.87. The molecule has 3 heterocycles. The molecule has 0 radical (unpaired) electrons. The molecule has 1 aliphatic carbocycles. The molecule has 0 unspecified atom stereocenters. The van der Waals surface area contributed by atoms with Crippen LogP contribution in [0.3, 0.4) is 0 Å². The molecule has 0 saturated carbocycles. The molecule has 2 aromatic heterocycles. The van der Waals surface area contributed by atoms with Crippen LogP contribution in [0.1, 0.15) is 36.2 Å². The Balaban J connectivity index is 1.29. The number of aryl methyl sites for hydroxylation is 2. The first-order valence-electron chi connectivity index (χ1n) is 8.78. The van der Waals surface area contributed by atoms with Crippen molar-refractivity contribution >= 4 is 22.4 Å². The van der Waals surface area contributed by atoms with E-state index in [1.165, 1.54) is 24.1 Å². The lowest BCUT2D eigenvalue weighted by Crippen LogP contribution is -2.48. The number of rotatable bonds is 4. The van der Waals surface area contributed by atoms with Crippen LogP contribution in [0.25, 0.3) is 0 Å². The molecular weight excluding hydrogens is 322 g/mol. The number of aromatic nitrogens is 3. The van der Waals surface area contributed by atoms with Crippen molar-refractivity contribution in [3.63, 3.8) is 0 Å². The number of anilines is 1. The van der Waals surface area contributed by atoms with Gasteiger partial charge in [0.15, 0.2) is 5.13 Å². The number of fused-ring (bicyclic) bond motifs is 1. The van der Waals surface area contributed by atoms with Gasteiger partial charge in [-0.05, 0) is 31.2 Å². The Morgan fingerprint density at radius 3 is 2.83 bits per heavy atom. The van der Waals surface area contributed by atoms with Crippen molar-refractivity contribution in [1.29, 1.82) is 0 Å². The van der Waals surface area contributed by atoms with Crippen LogP contribution in [-0.2, 0) is 24.1 Å². The quantitative estimate of drug-likeness (QED) is 0.921. The summed E-state index contributed by atoms with van der Waals surface area (Å²) >= 11 is 1.66. The molecule has 1 N–H and O–H groups in total. The maximum Gasteiger partial charge on any atom is 0.223 e. The monoisotopic (exact) mass is 345 g/mol. The van der Waals surface area contributed by atoms with E-state index < -0.39 is 0 Å². The number of nitrogens with zero attached hydrogens (tertiary/aromatic N) is 4. The van der Waals surface area contributed by atoms with Crippen LogP contribution in [-0.4, -0.2) is 52.2 Å². The molecule has 24 heavy (non-hydrogen) atoms. The molecule has 4 rings (SSSR count). The summed E-state index contributed by atoms with van der Waals surface area (Å²) in [6.07, 6.45) is 7.87. The summed E-state index contributed by atoms with van der Waals surface area (Å²) in [5.74, 6) is 0.251. The number of H-pyrrole nitrogens is 1. The van der Waals surface area contributed by atoms with Gasteiger partial charge >= 0.3 is 0 Å². The SMILES string of the molecule is O=C(CCc1n[nH]c2c1CCCC2)N1CCN(c2nccs2)CC1. The van der Waals surface area contributed by atoms with Crippen LogP contribution in [0.2, 0.25) is 0 Å². The van der Waals surface area contributed by atoms with Gasteiger partial charge in [-0.25, -0.2) is 4.98 Å². The third kappa shape index (κ3) is 3.17. The molecule has 0 atom stereocenters. The highest BCUT2D eigenvalue weighted by Gasteiger charge is 2.23. The summed E-state index contributed by atoms with van der Waals surface area (Å²) in [5.41, 5.74) is 3.78. The summed E-state index contributed by atoms with van der Waals surface area (Å²) < 4.78 is 0. The van der Waals surface area contributed by atoms with Crippen LogP contribution in [0, 0.1) is 0 Å². The van der Waals surface area contributed by atoms with Crippen molar-refractivity contribution in [2.75, 3.05) is 31.1 Å². The predicted octanol–water partition coefficient (Wildman–Crippen LogP) is 2.03. The molecule has 0 aromatic carbocycles. The summed E-state index contributed by atoms with van der Waals surface area (Å²) in [6, 6.07) is 0. The molecule has 0 spiro atoms. The van der Waals surface area contributed by atoms with Gasteiger partial charge in [-0.2, -0.15) is 5.10 Å². The van der Waals surface area contributed by atoms with Gasteiger partial charge in [-0.1, -0.05) is 0 Å². The van der Waals surface area contributed by atoms with Gasteiger partial charge in [0.1, 0.15) is 0 Å².